The second kappa shape index (κ2) is 8.02. The Morgan fingerprint density at radius 3 is 2.79 bits per heavy atom. The van der Waals surface area contributed by atoms with E-state index in [0.717, 1.165) is 31.4 Å². The number of nitrogens with zero attached hydrogens (tertiary/aromatic N) is 2. The van der Waals surface area contributed by atoms with E-state index in [1.165, 1.54) is 12.5 Å². The van der Waals surface area contributed by atoms with Gasteiger partial charge in [0, 0.05) is 25.3 Å². The number of carbonyl (C=O) groups excluding carboxylic acids is 2. The van der Waals surface area contributed by atoms with Gasteiger partial charge in [-0.2, -0.15) is 5.10 Å². The molecule has 4 rings (SSSR count). The van der Waals surface area contributed by atoms with Crippen LogP contribution in [0.4, 0.5) is 0 Å². The number of H-pyrrole nitrogens is 1. The number of aromatic amines is 1. The number of ether oxygens (including phenoxy) is 1. The molecule has 2 N–H and O–H groups in total. The van der Waals surface area contributed by atoms with Gasteiger partial charge >= 0.3 is 0 Å². The normalized spacial score (nSPS) is 21.1. The average molecular weight is 400 g/mol. The molecule has 2 saturated heterocycles. The molecule has 1 spiro atoms. The first-order valence-electron chi connectivity index (χ1n) is 10.3. The Morgan fingerprint density at radius 1 is 1.34 bits per heavy atom. The maximum atomic E-state index is 12.5. The predicted molar refractivity (Wildman–Crippen MR) is 106 cm³/mol. The number of nitrogens with one attached hydrogen (secondary N) is 2. The van der Waals surface area contributed by atoms with Crippen molar-refractivity contribution in [3.05, 3.63) is 41.6 Å². The number of hydrogen-bond acceptors (Lipinski definition) is 5. The molecular weight excluding hydrogens is 372 g/mol. The first-order chi connectivity index (χ1) is 14.0. The molecule has 0 saturated carbocycles. The van der Waals surface area contributed by atoms with Gasteiger partial charge in [-0.25, -0.2) is 0 Å². The lowest BCUT2D eigenvalue weighted by Crippen LogP contribution is -2.47. The number of carbonyl (C=O) groups is 2. The minimum absolute atomic E-state index is 0.00131. The maximum Gasteiger partial charge on any atom is 0.271 e. The number of rotatable bonds is 5. The Hall–Kier alpha value is -2.61. The zero-order chi connectivity index (χ0) is 20.4. The van der Waals surface area contributed by atoms with Gasteiger partial charge in [0.1, 0.15) is 12.0 Å². The van der Waals surface area contributed by atoms with Crippen LogP contribution in [0.1, 0.15) is 72.0 Å². The van der Waals surface area contributed by atoms with Crippen molar-refractivity contribution in [1.29, 1.82) is 0 Å². The van der Waals surface area contributed by atoms with E-state index in [4.69, 9.17) is 9.15 Å². The van der Waals surface area contributed by atoms with Gasteiger partial charge in [0.25, 0.3) is 11.8 Å². The quantitative estimate of drug-likeness (QED) is 0.804. The van der Waals surface area contributed by atoms with Crippen molar-refractivity contribution in [3.8, 4) is 0 Å². The monoisotopic (exact) mass is 400 g/mol. The fraction of sp³-hybridized carbons (Fsp3) is 0.571. The van der Waals surface area contributed by atoms with Crippen molar-refractivity contribution >= 4 is 11.8 Å². The molecule has 2 aliphatic heterocycles. The molecule has 0 bridgehead atoms. The van der Waals surface area contributed by atoms with E-state index in [9.17, 15) is 9.59 Å². The molecule has 2 aromatic rings. The van der Waals surface area contributed by atoms with Gasteiger partial charge in [-0.1, -0.05) is 13.8 Å². The molecule has 0 aliphatic carbocycles. The van der Waals surface area contributed by atoms with Crippen LogP contribution in [-0.2, 0) is 4.74 Å². The summed E-state index contributed by atoms with van der Waals surface area (Å²) in [7, 11) is 0. The van der Waals surface area contributed by atoms with E-state index in [1.54, 1.807) is 12.1 Å². The van der Waals surface area contributed by atoms with Gasteiger partial charge in [0.05, 0.1) is 23.5 Å². The van der Waals surface area contributed by atoms with Gasteiger partial charge < -0.3 is 19.4 Å². The fourth-order valence-corrected chi connectivity index (χ4v) is 4.14. The van der Waals surface area contributed by atoms with Crippen LogP contribution in [0.25, 0.3) is 0 Å². The molecule has 4 heterocycles. The summed E-state index contributed by atoms with van der Waals surface area (Å²) in [4.78, 5) is 26.6. The minimum atomic E-state index is -0.182. The fourth-order valence-electron chi connectivity index (χ4n) is 4.14. The van der Waals surface area contributed by atoms with E-state index in [1.807, 2.05) is 4.90 Å². The van der Waals surface area contributed by atoms with Crippen molar-refractivity contribution in [2.24, 2.45) is 0 Å². The van der Waals surface area contributed by atoms with E-state index in [-0.39, 0.29) is 23.5 Å². The van der Waals surface area contributed by atoms with Gasteiger partial charge in [0.2, 0.25) is 0 Å². The lowest BCUT2D eigenvalue weighted by Gasteiger charge is -2.39. The lowest BCUT2D eigenvalue weighted by molar-refractivity contribution is -0.0712. The SMILES string of the molecule is CC(C)c1cc(C(=O)NCC2CCC3(CCN(C(=O)c4ccoc4)CC3)O2)n[nH]1. The molecule has 2 aromatic heterocycles. The van der Waals surface area contributed by atoms with Crippen LogP contribution in [0, 0.1) is 0 Å². The zero-order valence-corrected chi connectivity index (χ0v) is 16.9. The predicted octanol–water partition coefficient (Wildman–Crippen LogP) is 2.71. The number of hydrogen-bond donors (Lipinski definition) is 2. The second-order valence-corrected chi connectivity index (χ2v) is 8.34. The third-order valence-electron chi connectivity index (χ3n) is 6.01. The van der Waals surface area contributed by atoms with Crippen molar-refractivity contribution in [2.45, 2.75) is 57.2 Å². The number of likely N-dealkylation sites (tertiary alicyclic amines) is 1. The number of furan rings is 1. The van der Waals surface area contributed by atoms with E-state index >= 15 is 0 Å². The molecule has 2 aliphatic rings. The second-order valence-electron chi connectivity index (χ2n) is 8.34. The third-order valence-corrected chi connectivity index (χ3v) is 6.01. The molecule has 1 unspecified atom stereocenters. The molecule has 0 radical (unpaired) electrons. The van der Waals surface area contributed by atoms with Crippen LogP contribution < -0.4 is 5.32 Å². The maximum absolute atomic E-state index is 12.5. The molecule has 0 aromatic carbocycles. The molecule has 29 heavy (non-hydrogen) atoms. The van der Waals surface area contributed by atoms with Crippen LogP contribution in [-0.4, -0.2) is 58.3 Å². The Bertz CT molecular complexity index is 850. The summed E-state index contributed by atoms with van der Waals surface area (Å²) in [6, 6.07) is 3.49. The highest BCUT2D eigenvalue weighted by molar-refractivity contribution is 5.94. The van der Waals surface area contributed by atoms with Crippen LogP contribution >= 0.6 is 0 Å². The van der Waals surface area contributed by atoms with Gasteiger partial charge in [-0.05, 0) is 43.7 Å². The Balaban J connectivity index is 1.25. The van der Waals surface area contributed by atoms with Crippen molar-refractivity contribution in [3.63, 3.8) is 0 Å². The Morgan fingerprint density at radius 2 is 2.14 bits per heavy atom. The summed E-state index contributed by atoms with van der Waals surface area (Å²) in [5, 5.41) is 9.93. The molecule has 2 fully saturated rings. The number of piperidine rings is 1. The summed E-state index contributed by atoms with van der Waals surface area (Å²) < 4.78 is 11.4. The van der Waals surface area contributed by atoms with Crippen LogP contribution in [0.2, 0.25) is 0 Å². The summed E-state index contributed by atoms with van der Waals surface area (Å²) in [6.45, 7) is 5.93. The number of aromatic nitrogens is 2. The largest absolute Gasteiger partial charge is 0.472 e. The molecule has 8 nitrogen and oxygen atoms in total. The molecule has 1 atom stereocenters. The Labute approximate surface area is 170 Å². The first kappa shape index (κ1) is 19.7. The average Bonchev–Trinajstić information content (AvgIpc) is 3.47. The minimum Gasteiger partial charge on any atom is -0.472 e. The van der Waals surface area contributed by atoms with Gasteiger partial charge in [0.15, 0.2) is 0 Å². The van der Waals surface area contributed by atoms with Crippen LogP contribution in [0.5, 0.6) is 0 Å². The van der Waals surface area contributed by atoms with E-state index in [0.29, 0.717) is 36.8 Å². The molecule has 2 amide bonds. The zero-order valence-electron chi connectivity index (χ0n) is 16.9. The lowest BCUT2D eigenvalue weighted by atomic mass is 9.88. The summed E-state index contributed by atoms with van der Waals surface area (Å²) in [6.07, 6.45) is 6.51. The van der Waals surface area contributed by atoms with Gasteiger partial charge in [-0.3, -0.25) is 14.7 Å². The first-order valence-corrected chi connectivity index (χ1v) is 10.3. The van der Waals surface area contributed by atoms with Crippen molar-refractivity contribution in [2.75, 3.05) is 19.6 Å². The van der Waals surface area contributed by atoms with Crippen molar-refractivity contribution in [1.82, 2.24) is 20.4 Å². The van der Waals surface area contributed by atoms with Crippen LogP contribution in [0.3, 0.4) is 0 Å². The topological polar surface area (TPSA) is 100 Å². The van der Waals surface area contributed by atoms with E-state index in [2.05, 4.69) is 29.4 Å². The Kier molecular flexibility index (Phi) is 5.45. The van der Waals surface area contributed by atoms with Crippen molar-refractivity contribution < 1.29 is 18.7 Å². The molecule has 8 heteroatoms. The van der Waals surface area contributed by atoms with Gasteiger partial charge in [-0.15, -0.1) is 0 Å². The third kappa shape index (κ3) is 4.22. The smallest absolute Gasteiger partial charge is 0.271 e. The van der Waals surface area contributed by atoms with E-state index < -0.39 is 0 Å². The highest BCUT2D eigenvalue weighted by Gasteiger charge is 2.43. The summed E-state index contributed by atoms with van der Waals surface area (Å²) in [5.41, 5.74) is 1.77. The highest BCUT2D eigenvalue weighted by atomic mass is 16.5. The highest BCUT2D eigenvalue weighted by Crippen LogP contribution is 2.39. The number of amides is 2. The van der Waals surface area contributed by atoms with Crippen LogP contribution in [0.15, 0.2) is 29.1 Å². The summed E-state index contributed by atoms with van der Waals surface area (Å²) >= 11 is 0. The molecule has 156 valence electrons. The standard InChI is InChI=1S/C21H28N4O4/c1-14(2)17-11-18(24-23-17)19(26)22-12-16-3-5-21(29-16)6-8-25(9-7-21)20(27)15-4-10-28-13-15/h4,10-11,13-14,16H,3,5-9,12H2,1-2H3,(H,22,26)(H,23,24). The molecular formula is C21H28N4O4. The summed E-state index contributed by atoms with van der Waals surface area (Å²) in [5.74, 6) is 0.127.